The quantitative estimate of drug-likeness (QED) is 0.677. The van der Waals surface area contributed by atoms with Crippen LogP contribution in [0.4, 0.5) is 0 Å². The molecule has 1 aliphatic heterocycles. The Morgan fingerprint density at radius 1 is 1.17 bits per heavy atom. The zero-order valence-electron chi connectivity index (χ0n) is 12.7. The molecule has 0 bridgehead atoms. The molecule has 118 valence electrons. The Labute approximate surface area is 133 Å². The molecule has 0 spiro atoms. The van der Waals surface area contributed by atoms with E-state index in [2.05, 4.69) is 5.32 Å². The number of Topliss-reactive ketones (excluding diaryl/α,β-unsaturated/α-hetero) is 2. The molecule has 0 saturated carbocycles. The van der Waals surface area contributed by atoms with E-state index in [1.54, 1.807) is 13.0 Å². The fourth-order valence-corrected chi connectivity index (χ4v) is 2.83. The highest BCUT2D eigenvalue weighted by Gasteiger charge is 2.46. The highest BCUT2D eigenvalue weighted by atomic mass is 16.3. The third kappa shape index (κ3) is 2.95. The molecule has 1 aromatic heterocycles. The Morgan fingerprint density at radius 2 is 1.91 bits per heavy atom. The van der Waals surface area contributed by atoms with Crippen LogP contribution in [0.3, 0.4) is 0 Å². The summed E-state index contributed by atoms with van der Waals surface area (Å²) in [6.07, 6.45) is 2.53. The van der Waals surface area contributed by atoms with E-state index in [1.165, 1.54) is 6.26 Å². The van der Waals surface area contributed by atoms with E-state index in [4.69, 9.17) is 4.42 Å². The van der Waals surface area contributed by atoms with Crippen LogP contribution in [0, 0.1) is 12.8 Å². The van der Waals surface area contributed by atoms with Gasteiger partial charge in [-0.25, -0.2) is 0 Å². The van der Waals surface area contributed by atoms with Gasteiger partial charge in [0, 0.05) is 0 Å². The largest absolute Gasteiger partial charge is 0.461 e. The summed E-state index contributed by atoms with van der Waals surface area (Å²) < 4.78 is 5.12. The van der Waals surface area contributed by atoms with E-state index >= 15 is 0 Å². The van der Waals surface area contributed by atoms with Crippen LogP contribution in [0.1, 0.15) is 28.1 Å². The smallest absolute Gasteiger partial charge is 0.239 e. The second-order valence-corrected chi connectivity index (χ2v) is 5.72. The lowest BCUT2D eigenvalue weighted by Crippen LogP contribution is -2.29. The Kier molecular flexibility index (Phi) is 4.10. The van der Waals surface area contributed by atoms with Gasteiger partial charge in [0.05, 0.1) is 12.3 Å². The second-order valence-electron chi connectivity index (χ2n) is 5.72. The lowest BCUT2D eigenvalue weighted by molar-refractivity contribution is -0.125. The van der Waals surface area contributed by atoms with Crippen molar-refractivity contribution in [1.82, 2.24) is 5.32 Å². The molecule has 23 heavy (non-hydrogen) atoms. The number of hydrogen-bond donors (Lipinski definition) is 1. The molecule has 2 aromatic rings. The number of carbonyl (C=O) groups is 3. The van der Waals surface area contributed by atoms with Crippen molar-refractivity contribution in [3.05, 3.63) is 59.5 Å². The average Bonchev–Trinajstić information content (AvgIpc) is 3.09. The number of furan rings is 1. The molecule has 5 nitrogen and oxygen atoms in total. The molecule has 0 aliphatic carbocycles. The monoisotopic (exact) mass is 311 g/mol. The van der Waals surface area contributed by atoms with Gasteiger partial charge in [-0.05, 0) is 37.0 Å². The number of rotatable bonds is 5. The predicted molar refractivity (Wildman–Crippen MR) is 83.0 cm³/mol. The third-order valence-corrected chi connectivity index (χ3v) is 4.12. The van der Waals surface area contributed by atoms with Gasteiger partial charge in [0.1, 0.15) is 0 Å². The van der Waals surface area contributed by atoms with Crippen molar-refractivity contribution in [3.8, 4) is 0 Å². The molecule has 1 saturated heterocycles. The van der Waals surface area contributed by atoms with Gasteiger partial charge < -0.3 is 9.73 Å². The molecule has 1 N–H and O–H groups in total. The maximum absolute atomic E-state index is 12.4. The first kappa shape index (κ1) is 15.2. The van der Waals surface area contributed by atoms with Gasteiger partial charge in [-0.15, -0.1) is 0 Å². The number of carbonyl (C=O) groups excluding carboxylic acids is 3. The highest BCUT2D eigenvalue weighted by Crippen LogP contribution is 2.22. The standard InChI is InChI=1S/C18H17NO4/c1-11-9-10-23-17(11)16(21)14-15(20)13(19-18(14)22)8-7-12-5-3-2-4-6-12/h2-6,9-10,13-14H,7-8H2,1H3,(H,19,22). The van der Waals surface area contributed by atoms with E-state index in [1.807, 2.05) is 30.3 Å². The Morgan fingerprint density at radius 3 is 2.57 bits per heavy atom. The van der Waals surface area contributed by atoms with Crippen LogP contribution in [0.5, 0.6) is 0 Å². The summed E-state index contributed by atoms with van der Waals surface area (Å²) in [6.45, 7) is 1.71. The molecule has 5 heteroatoms. The predicted octanol–water partition coefficient (Wildman–Crippen LogP) is 2.09. The Hall–Kier alpha value is -2.69. The van der Waals surface area contributed by atoms with Crippen molar-refractivity contribution >= 4 is 17.5 Å². The minimum Gasteiger partial charge on any atom is -0.461 e. The number of aryl methyl sites for hydroxylation is 2. The van der Waals surface area contributed by atoms with Crippen molar-refractivity contribution in [2.45, 2.75) is 25.8 Å². The SMILES string of the molecule is Cc1ccoc1C(=O)C1C(=O)NC(CCc2ccccc2)C1=O. The molecule has 2 unspecified atom stereocenters. The van der Waals surface area contributed by atoms with Gasteiger partial charge in [0.15, 0.2) is 17.5 Å². The van der Waals surface area contributed by atoms with Gasteiger partial charge in [-0.3, -0.25) is 14.4 Å². The maximum Gasteiger partial charge on any atom is 0.239 e. The van der Waals surface area contributed by atoms with Crippen molar-refractivity contribution in [1.29, 1.82) is 0 Å². The number of ketones is 2. The van der Waals surface area contributed by atoms with Crippen molar-refractivity contribution < 1.29 is 18.8 Å². The van der Waals surface area contributed by atoms with Gasteiger partial charge in [0.2, 0.25) is 11.7 Å². The molecule has 1 aliphatic rings. The van der Waals surface area contributed by atoms with Crippen LogP contribution in [0.15, 0.2) is 47.1 Å². The minimum absolute atomic E-state index is 0.0854. The molecular formula is C18H17NO4. The molecule has 1 fully saturated rings. The fraction of sp³-hybridized carbons (Fsp3) is 0.278. The number of hydrogen-bond acceptors (Lipinski definition) is 4. The lowest BCUT2D eigenvalue weighted by atomic mass is 9.93. The van der Waals surface area contributed by atoms with Gasteiger partial charge in [-0.1, -0.05) is 30.3 Å². The fourth-order valence-electron chi connectivity index (χ4n) is 2.83. The Balaban J connectivity index is 1.70. The molecule has 0 radical (unpaired) electrons. The molecule has 1 amide bonds. The molecule has 3 rings (SSSR count). The summed E-state index contributed by atoms with van der Waals surface area (Å²) in [5.74, 6) is -2.67. The van der Waals surface area contributed by atoms with E-state index in [-0.39, 0.29) is 11.5 Å². The van der Waals surface area contributed by atoms with Crippen LogP contribution in [0.25, 0.3) is 0 Å². The zero-order chi connectivity index (χ0) is 16.4. The van der Waals surface area contributed by atoms with Crippen LogP contribution >= 0.6 is 0 Å². The summed E-state index contributed by atoms with van der Waals surface area (Å²) in [7, 11) is 0. The maximum atomic E-state index is 12.4. The average molecular weight is 311 g/mol. The second kappa shape index (κ2) is 6.20. The lowest BCUT2D eigenvalue weighted by Gasteiger charge is -2.08. The van der Waals surface area contributed by atoms with Crippen LogP contribution in [-0.4, -0.2) is 23.5 Å². The van der Waals surface area contributed by atoms with E-state index in [9.17, 15) is 14.4 Å². The Bertz CT molecular complexity index is 747. The van der Waals surface area contributed by atoms with Crippen LogP contribution < -0.4 is 5.32 Å². The normalized spacial score (nSPS) is 20.6. The van der Waals surface area contributed by atoms with Crippen LogP contribution in [-0.2, 0) is 16.0 Å². The topological polar surface area (TPSA) is 76.4 Å². The number of nitrogens with one attached hydrogen (secondary N) is 1. The summed E-state index contributed by atoms with van der Waals surface area (Å²) in [5.41, 5.74) is 1.72. The van der Waals surface area contributed by atoms with E-state index in [0.29, 0.717) is 18.4 Å². The summed E-state index contributed by atoms with van der Waals surface area (Å²) >= 11 is 0. The molecule has 1 aromatic carbocycles. The summed E-state index contributed by atoms with van der Waals surface area (Å²) in [5, 5.41) is 2.64. The molecular weight excluding hydrogens is 294 g/mol. The zero-order valence-corrected chi connectivity index (χ0v) is 12.7. The van der Waals surface area contributed by atoms with Crippen molar-refractivity contribution in [3.63, 3.8) is 0 Å². The first-order chi connectivity index (χ1) is 11.1. The first-order valence-electron chi connectivity index (χ1n) is 7.54. The van der Waals surface area contributed by atoms with Gasteiger partial charge in [0.25, 0.3) is 0 Å². The van der Waals surface area contributed by atoms with Crippen molar-refractivity contribution in [2.75, 3.05) is 0 Å². The minimum atomic E-state index is -1.29. The van der Waals surface area contributed by atoms with E-state index in [0.717, 1.165) is 5.56 Å². The van der Waals surface area contributed by atoms with Crippen molar-refractivity contribution in [2.24, 2.45) is 5.92 Å². The van der Waals surface area contributed by atoms with Gasteiger partial charge in [-0.2, -0.15) is 0 Å². The van der Waals surface area contributed by atoms with Gasteiger partial charge >= 0.3 is 0 Å². The van der Waals surface area contributed by atoms with Crippen LogP contribution in [0.2, 0.25) is 0 Å². The molecule has 2 heterocycles. The summed E-state index contributed by atoms with van der Waals surface area (Å²) in [4.78, 5) is 36.9. The van der Waals surface area contributed by atoms with E-state index < -0.39 is 23.7 Å². The summed E-state index contributed by atoms with van der Waals surface area (Å²) in [6, 6.07) is 10.7. The molecule has 2 atom stereocenters. The first-order valence-corrected chi connectivity index (χ1v) is 7.54. The number of amides is 1. The highest BCUT2D eigenvalue weighted by molar-refractivity contribution is 6.27. The number of benzene rings is 1. The third-order valence-electron chi connectivity index (χ3n) is 4.12.